The van der Waals surface area contributed by atoms with Crippen LogP contribution in [0.3, 0.4) is 0 Å². The van der Waals surface area contributed by atoms with E-state index in [0.29, 0.717) is 34.7 Å². The maximum Gasteiger partial charge on any atom is 0.251 e. The smallest absolute Gasteiger partial charge is 0.251 e. The molecular formula is C23H23ClN2O3. The van der Waals surface area contributed by atoms with Gasteiger partial charge in [-0.25, -0.2) is 0 Å². The van der Waals surface area contributed by atoms with Gasteiger partial charge < -0.3 is 14.8 Å². The number of aldehydes is 1. The molecule has 2 aromatic carbocycles. The fraction of sp³-hybridized carbons (Fsp3) is 0.348. The molecule has 5 nitrogen and oxygen atoms in total. The molecule has 2 aromatic rings. The largest absolute Gasteiger partial charge is 0.490 e. The summed E-state index contributed by atoms with van der Waals surface area (Å²) in [5.41, 5.74) is 2.11. The Hall–Kier alpha value is -2.84. The monoisotopic (exact) mass is 410 g/mol. The lowest BCUT2D eigenvalue weighted by Gasteiger charge is -2.29. The minimum atomic E-state index is -0.0739. The van der Waals surface area contributed by atoms with E-state index in [1.807, 2.05) is 18.2 Å². The molecule has 6 heteroatoms. The van der Waals surface area contributed by atoms with E-state index >= 15 is 0 Å². The third-order valence-electron chi connectivity index (χ3n) is 5.14. The molecule has 0 saturated heterocycles. The first-order valence-electron chi connectivity index (χ1n) is 9.79. The first-order chi connectivity index (χ1) is 14.1. The van der Waals surface area contributed by atoms with Crippen LogP contribution >= 0.6 is 11.6 Å². The molecule has 3 rings (SSSR count). The Balaban J connectivity index is 1.47. The van der Waals surface area contributed by atoms with Crippen LogP contribution < -0.4 is 10.1 Å². The highest BCUT2D eigenvalue weighted by atomic mass is 35.5. The van der Waals surface area contributed by atoms with Crippen LogP contribution in [0.2, 0.25) is 5.02 Å². The van der Waals surface area contributed by atoms with E-state index in [1.165, 1.54) is 0 Å². The van der Waals surface area contributed by atoms with Gasteiger partial charge in [0.15, 0.2) is 0 Å². The first-order valence-corrected chi connectivity index (χ1v) is 10.2. The number of nitriles is 1. The van der Waals surface area contributed by atoms with Crippen molar-refractivity contribution >= 4 is 23.8 Å². The van der Waals surface area contributed by atoms with Crippen molar-refractivity contribution in [2.75, 3.05) is 0 Å². The van der Waals surface area contributed by atoms with Gasteiger partial charge in [-0.2, -0.15) is 5.26 Å². The van der Waals surface area contributed by atoms with Gasteiger partial charge in [-0.05, 0) is 61.9 Å². The lowest BCUT2D eigenvalue weighted by Crippen LogP contribution is -2.39. The molecule has 150 valence electrons. The summed E-state index contributed by atoms with van der Waals surface area (Å²) in [6.07, 6.45) is 5.53. The van der Waals surface area contributed by atoms with Crippen LogP contribution in [0, 0.1) is 11.3 Å². The molecule has 0 radical (unpaired) electrons. The predicted octanol–water partition coefficient (Wildman–Crippen LogP) is 4.46. The van der Waals surface area contributed by atoms with Crippen LogP contribution in [0.4, 0.5) is 0 Å². The van der Waals surface area contributed by atoms with Crippen LogP contribution in [-0.4, -0.2) is 24.3 Å². The number of ether oxygens (including phenoxy) is 1. The number of carbonyl (C=O) groups is 2. The molecule has 1 N–H and O–H groups in total. The Morgan fingerprint density at radius 1 is 1.17 bits per heavy atom. The van der Waals surface area contributed by atoms with Crippen molar-refractivity contribution in [2.24, 2.45) is 0 Å². The molecule has 1 saturated carbocycles. The molecular weight excluding hydrogens is 388 g/mol. The summed E-state index contributed by atoms with van der Waals surface area (Å²) in [5.74, 6) is 0.589. The standard InChI is InChI=1S/C23H23ClN2O3/c24-22-14-21(10-7-18(22)15-25)29-20-11-8-19(9-12-20)26-23(28)17-5-3-16(4-6-17)2-1-13-27/h3-7,10,13-14,19-20H,1-2,8-9,11-12H2,(H,26,28)/t19-,20-. The summed E-state index contributed by atoms with van der Waals surface area (Å²) in [6, 6.07) is 14.7. The molecule has 0 spiro atoms. The van der Waals surface area contributed by atoms with Gasteiger partial charge in [0.25, 0.3) is 5.91 Å². The molecule has 0 bridgehead atoms. The molecule has 1 aliphatic carbocycles. The number of carbonyl (C=O) groups excluding carboxylic acids is 2. The number of amides is 1. The number of nitrogens with zero attached hydrogens (tertiary/aromatic N) is 1. The molecule has 0 aromatic heterocycles. The third-order valence-corrected chi connectivity index (χ3v) is 5.45. The fourth-order valence-electron chi connectivity index (χ4n) is 3.49. The van der Waals surface area contributed by atoms with E-state index in [1.54, 1.807) is 30.3 Å². The Labute approximate surface area is 175 Å². The number of hydrogen-bond acceptors (Lipinski definition) is 4. The van der Waals surface area contributed by atoms with Crippen molar-refractivity contribution in [3.05, 3.63) is 64.2 Å². The summed E-state index contributed by atoms with van der Waals surface area (Å²) in [6.45, 7) is 0. The Bertz CT molecular complexity index is 897. The van der Waals surface area contributed by atoms with Gasteiger partial charge >= 0.3 is 0 Å². The number of halogens is 1. The predicted molar refractivity (Wildman–Crippen MR) is 111 cm³/mol. The zero-order valence-electron chi connectivity index (χ0n) is 16.1. The van der Waals surface area contributed by atoms with Crippen molar-refractivity contribution in [3.8, 4) is 11.8 Å². The van der Waals surface area contributed by atoms with E-state index in [2.05, 4.69) is 5.32 Å². The molecule has 0 unspecified atom stereocenters. The highest BCUT2D eigenvalue weighted by Crippen LogP contribution is 2.27. The minimum absolute atomic E-state index is 0.0734. The molecule has 29 heavy (non-hydrogen) atoms. The van der Waals surface area contributed by atoms with Crippen molar-refractivity contribution in [2.45, 2.75) is 50.7 Å². The number of aryl methyl sites for hydroxylation is 1. The second-order valence-electron chi connectivity index (χ2n) is 7.22. The van der Waals surface area contributed by atoms with Gasteiger partial charge in [0, 0.05) is 24.1 Å². The topological polar surface area (TPSA) is 79.2 Å². The van der Waals surface area contributed by atoms with Crippen LogP contribution in [0.5, 0.6) is 5.75 Å². The summed E-state index contributed by atoms with van der Waals surface area (Å²) < 4.78 is 5.99. The van der Waals surface area contributed by atoms with Crippen molar-refractivity contribution < 1.29 is 14.3 Å². The van der Waals surface area contributed by atoms with E-state index in [4.69, 9.17) is 21.6 Å². The van der Waals surface area contributed by atoms with E-state index in [-0.39, 0.29) is 18.1 Å². The number of rotatable bonds is 7. The summed E-state index contributed by atoms with van der Waals surface area (Å²) >= 11 is 6.06. The number of nitrogens with one attached hydrogen (secondary N) is 1. The average Bonchev–Trinajstić information content (AvgIpc) is 2.74. The van der Waals surface area contributed by atoms with Gasteiger partial charge in [0.05, 0.1) is 16.7 Å². The van der Waals surface area contributed by atoms with Crippen LogP contribution in [0.15, 0.2) is 42.5 Å². The zero-order chi connectivity index (χ0) is 20.6. The second kappa shape index (κ2) is 10.1. The minimum Gasteiger partial charge on any atom is -0.490 e. The molecule has 0 aliphatic heterocycles. The van der Waals surface area contributed by atoms with Gasteiger partial charge in [-0.15, -0.1) is 0 Å². The molecule has 1 fully saturated rings. The zero-order valence-corrected chi connectivity index (χ0v) is 16.8. The highest BCUT2D eigenvalue weighted by molar-refractivity contribution is 6.31. The lowest BCUT2D eigenvalue weighted by molar-refractivity contribution is -0.107. The Kier molecular flexibility index (Phi) is 7.26. The van der Waals surface area contributed by atoms with Crippen LogP contribution in [0.1, 0.15) is 53.6 Å². The summed E-state index contributed by atoms with van der Waals surface area (Å²) in [4.78, 5) is 22.9. The highest BCUT2D eigenvalue weighted by Gasteiger charge is 2.24. The van der Waals surface area contributed by atoms with Crippen LogP contribution in [-0.2, 0) is 11.2 Å². The second-order valence-corrected chi connectivity index (χ2v) is 7.63. The quantitative estimate of drug-likeness (QED) is 0.683. The van der Waals surface area contributed by atoms with E-state index in [0.717, 1.165) is 37.5 Å². The Morgan fingerprint density at radius 2 is 1.90 bits per heavy atom. The van der Waals surface area contributed by atoms with Gasteiger partial charge in [0.2, 0.25) is 0 Å². The molecule has 0 atom stereocenters. The maximum absolute atomic E-state index is 12.5. The molecule has 1 amide bonds. The third kappa shape index (κ3) is 5.82. The van der Waals surface area contributed by atoms with E-state index in [9.17, 15) is 9.59 Å². The van der Waals surface area contributed by atoms with Gasteiger partial charge in [-0.1, -0.05) is 23.7 Å². The van der Waals surface area contributed by atoms with Crippen molar-refractivity contribution in [1.29, 1.82) is 5.26 Å². The SMILES string of the molecule is N#Cc1ccc(O[C@H]2CC[C@H](NC(=O)c3ccc(CCC=O)cc3)CC2)cc1Cl. The average molecular weight is 411 g/mol. The molecule has 1 aliphatic rings. The van der Waals surface area contributed by atoms with E-state index < -0.39 is 0 Å². The van der Waals surface area contributed by atoms with Crippen molar-refractivity contribution in [3.63, 3.8) is 0 Å². The van der Waals surface area contributed by atoms with Gasteiger partial charge in [0.1, 0.15) is 18.1 Å². The summed E-state index contributed by atoms with van der Waals surface area (Å²) in [7, 11) is 0. The van der Waals surface area contributed by atoms with Crippen molar-refractivity contribution in [1.82, 2.24) is 5.32 Å². The number of benzene rings is 2. The summed E-state index contributed by atoms with van der Waals surface area (Å²) in [5, 5.41) is 12.4. The van der Waals surface area contributed by atoms with Crippen LogP contribution in [0.25, 0.3) is 0 Å². The molecule has 0 heterocycles. The lowest BCUT2D eigenvalue weighted by atomic mass is 9.92. The number of hydrogen-bond donors (Lipinski definition) is 1. The first kappa shape index (κ1) is 20.9. The maximum atomic E-state index is 12.5. The normalized spacial score (nSPS) is 18.5. The Morgan fingerprint density at radius 3 is 2.52 bits per heavy atom. The van der Waals surface area contributed by atoms with Gasteiger partial charge in [-0.3, -0.25) is 4.79 Å². The fourth-order valence-corrected chi connectivity index (χ4v) is 3.71.